The number of thioether (sulfide) groups is 6. The van der Waals surface area contributed by atoms with Crippen molar-refractivity contribution in [2.24, 2.45) is 0 Å². The maximum atomic E-state index is 11.4. The van der Waals surface area contributed by atoms with E-state index >= 15 is 0 Å². The molecule has 738 valence electrons. The molecular formula is C115H105N7O17S6. The van der Waals surface area contributed by atoms with E-state index in [1.54, 1.807) is 106 Å². The van der Waals surface area contributed by atoms with Crippen LogP contribution < -0.4 is 23.7 Å². The molecule has 6 atom stereocenters. The van der Waals surface area contributed by atoms with Crippen LogP contribution in [-0.2, 0) is 28.8 Å². The molecule has 18 rings (SSSR count). The molecule has 11 aromatic carbocycles. The van der Waals surface area contributed by atoms with Gasteiger partial charge in [0.05, 0.1) is 68.6 Å². The number of carbonyl (C=O) groups is 6. The largest absolute Gasteiger partial charge is 0.497 e. The Morgan fingerprint density at radius 3 is 0.759 bits per heavy atom. The monoisotopic (exact) mass is 2050 g/mol. The minimum absolute atomic E-state index is 0.454. The lowest BCUT2D eigenvalue weighted by molar-refractivity contribution is -0.137. The van der Waals surface area contributed by atoms with Crippen molar-refractivity contribution < 1.29 is 83.1 Å². The number of para-hydroxylation sites is 2. The molecule has 0 fully saturated rings. The lowest BCUT2D eigenvalue weighted by atomic mass is 10.0. The van der Waals surface area contributed by atoms with Crippen LogP contribution in [0.25, 0.3) is 132 Å². The predicted octanol–water partition coefficient (Wildman–Crippen LogP) is 27.4. The second-order valence-corrected chi connectivity index (χ2v) is 40.3. The van der Waals surface area contributed by atoms with E-state index in [1.807, 2.05) is 276 Å². The second-order valence-electron chi connectivity index (χ2n) is 32.4. The predicted molar refractivity (Wildman–Crippen MR) is 585 cm³/mol. The summed E-state index contributed by atoms with van der Waals surface area (Å²) in [5.74, 6) is -0.828. The summed E-state index contributed by atoms with van der Waals surface area (Å²) in [5.41, 5.74) is 17.6. The SMILES string of the molecule is CCC(Sc1ccnc2ccc(-c3cccc(OC)c3)cc12)C(=O)O.CCC(Sc1ccnc2ccc(-c3ccccc3OC)cc12)C(=O)O.CCC(Sc1ccnc2ccc(-c3ccncc3)cc12)C(=O)O.COc1ccc(-c2ccc3nccc(SC(C)C(=O)O)c3c2)cc1.COc1cccc(-c2ccc3nccc(SC(C)C(=O)O)c3c2)c1.COc1ccccc1-c1ccc2nccc(SC(C)C(=O)O)c2c1. The smallest absolute Gasteiger partial charge is 0.316 e. The minimum Gasteiger partial charge on any atom is -0.497 e. The van der Waals surface area contributed by atoms with Gasteiger partial charge >= 0.3 is 35.8 Å². The first-order valence-corrected chi connectivity index (χ1v) is 51.3. The number of hydrogen-bond donors (Lipinski definition) is 6. The molecule has 30 heteroatoms. The molecule has 0 radical (unpaired) electrons. The average Bonchev–Trinajstić information content (AvgIpc) is 0.963. The number of carboxylic acids is 6. The van der Waals surface area contributed by atoms with Gasteiger partial charge in [0.25, 0.3) is 0 Å². The molecule has 0 amide bonds. The van der Waals surface area contributed by atoms with E-state index in [-0.39, 0.29) is 0 Å². The van der Waals surface area contributed by atoms with E-state index in [0.717, 1.165) is 190 Å². The third kappa shape index (κ3) is 28.3. The van der Waals surface area contributed by atoms with Crippen molar-refractivity contribution >= 4 is 172 Å². The number of nitrogens with zero attached hydrogens (tertiary/aromatic N) is 7. The van der Waals surface area contributed by atoms with E-state index in [4.69, 9.17) is 39.0 Å². The average molecular weight is 2050 g/mol. The Kier molecular flexibility index (Phi) is 38.7. The molecule has 0 aliphatic carbocycles. The molecule has 6 unspecified atom stereocenters. The quantitative estimate of drug-likeness (QED) is 0.0213. The van der Waals surface area contributed by atoms with Gasteiger partial charge in [0, 0.05) is 122 Å². The second kappa shape index (κ2) is 52.3. The fourth-order valence-electron chi connectivity index (χ4n) is 15.2. The van der Waals surface area contributed by atoms with Crippen LogP contribution in [0.4, 0.5) is 0 Å². The van der Waals surface area contributed by atoms with Crippen LogP contribution >= 0.6 is 70.6 Å². The molecule has 0 saturated carbocycles. The zero-order valence-electron chi connectivity index (χ0n) is 81.0. The Morgan fingerprint density at radius 2 is 0.490 bits per heavy atom. The number of carboxylic acid groups (broad SMARTS) is 6. The Balaban J connectivity index is 0.000000146. The molecule has 18 aromatic rings. The first kappa shape index (κ1) is 107. The Bertz CT molecular complexity index is 7630. The molecule has 145 heavy (non-hydrogen) atoms. The summed E-state index contributed by atoms with van der Waals surface area (Å²) in [7, 11) is 8.24. The number of aliphatic carboxylic acids is 6. The topological polar surface area (TPSA) is 360 Å². The van der Waals surface area contributed by atoms with Gasteiger partial charge < -0.3 is 54.3 Å². The van der Waals surface area contributed by atoms with E-state index in [0.29, 0.717) is 19.3 Å². The lowest BCUT2D eigenvalue weighted by Crippen LogP contribution is -2.14. The highest BCUT2D eigenvalue weighted by Crippen LogP contribution is 2.43. The van der Waals surface area contributed by atoms with Crippen LogP contribution in [0, 0.1) is 0 Å². The van der Waals surface area contributed by atoms with Gasteiger partial charge in [-0.3, -0.25) is 63.7 Å². The Hall–Kier alpha value is -15.1. The molecule has 7 heterocycles. The zero-order valence-corrected chi connectivity index (χ0v) is 85.9. The van der Waals surface area contributed by atoms with Gasteiger partial charge in [-0.05, 0) is 266 Å². The zero-order chi connectivity index (χ0) is 103. The summed E-state index contributed by atoms with van der Waals surface area (Å²) < 4.78 is 26.7. The molecule has 0 saturated heterocycles. The molecule has 0 bridgehead atoms. The Morgan fingerprint density at radius 1 is 0.241 bits per heavy atom. The van der Waals surface area contributed by atoms with Crippen molar-refractivity contribution in [3.05, 3.63) is 329 Å². The fourth-order valence-corrected chi connectivity index (χ4v) is 20.9. The van der Waals surface area contributed by atoms with Crippen molar-refractivity contribution in [1.82, 2.24) is 34.9 Å². The van der Waals surface area contributed by atoms with E-state index in [1.165, 1.54) is 70.6 Å². The number of rotatable bonds is 32. The summed E-state index contributed by atoms with van der Waals surface area (Å²) in [5, 5.41) is 58.3. The maximum absolute atomic E-state index is 11.4. The van der Waals surface area contributed by atoms with Crippen molar-refractivity contribution in [1.29, 1.82) is 0 Å². The van der Waals surface area contributed by atoms with Crippen LogP contribution in [0.15, 0.2) is 358 Å². The van der Waals surface area contributed by atoms with Gasteiger partial charge in [-0.25, -0.2) is 0 Å². The van der Waals surface area contributed by atoms with E-state index < -0.39 is 67.3 Å². The highest BCUT2D eigenvalue weighted by atomic mass is 32.2. The van der Waals surface area contributed by atoms with Crippen molar-refractivity contribution in [2.75, 3.05) is 35.5 Å². The van der Waals surface area contributed by atoms with Gasteiger partial charge in [0.2, 0.25) is 0 Å². The van der Waals surface area contributed by atoms with Gasteiger partial charge in [0.1, 0.15) is 60.2 Å². The Labute approximate surface area is 864 Å². The highest BCUT2D eigenvalue weighted by molar-refractivity contribution is 8.02. The summed E-state index contributed by atoms with van der Waals surface area (Å²) in [6.07, 6.45) is 15.5. The van der Waals surface area contributed by atoms with Crippen molar-refractivity contribution in [2.45, 2.75) is 122 Å². The minimum atomic E-state index is -0.828. The van der Waals surface area contributed by atoms with Crippen molar-refractivity contribution in [3.63, 3.8) is 0 Å². The van der Waals surface area contributed by atoms with Crippen LogP contribution in [0.1, 0.15) is 60.8 Å². The molecule has 7 aromatic heterocycles. The standard InChI is InChI=1S/2C20H19NO3S.3C19H17NO3S.C18H16N2O2S/c1-3-18(20(22)23)25-19-9-10-21-17-8-7-14(12-16(17)19)13-5-4-6-15(11-13)24-2;1-3-18(20(22)23)25-19-10-11-21-16-9-8-13(12-15(16)19)14-6-4-5-7-17(14)24-2;1-12(19(21)22)24-18-9-10-20-17-8-5-14(11-16(17)18)13-3-6-15(23-2)7-4-13;1-12(19(21)22)24-18-8-9-20-17-7-6-14(11-16(17)18)13-4-3-5-15(10-13)23-2;1-12(19(21)22)24-18-9-10-20-16-8-7-13(11-15(16)18)14-5-3-4-6-17(14)23-2;1-2-16(18(21)22)23-17-7-10-20-15-4-3-13(11-14(15)17)12-5-8-19-9-6-12/h2*4-12,18H,3H2,1-2H3,(H,22,23);3*3-12H,1-2H3,(H,21,22);3-11,16H,2H2,1H3,(H,21,22). The number of methoxy groups -OCH3 is 5. The molecule has 0 aliphatic rings. The van der Waals surface area contributed by atoms with Gasteiger partial charge in [-0.2, -0.15) is 0 Å². The first-order valence-electron chi connectivity index (χ1n) is 46.0. The molecule has 24 nitrogen and oxygen atoms in total. The molecular weight excluding hydrogens is 1940 g/mol. The normalized spacial score (nSPS) is 12.1. The third-order valence-corrected chi connectivity index (χ3v) is 30.8. The van der Waals surface area contributed by atoms with E-state index in [9.17, 15) is 44.1 Å². The van der Waals surface area contributed by atoms with Crippen molar-refractivity contribution in [3.8, 4) is 95.5 Å². The van der Waals surface area contributed by atoms with Crippen LogP contribution in [0.5, 0.6) is 28.7 Å². The van der Waals surface area contributed by atoms with Gasteiger partial charge in [-0.15, -0.1) is 70.6 Å². The van der Waals surface area contributed by atoms with Crippen LogP contribution in [-0.4, -0.2) is 168 Å². The number of hydrogen-bond acceptors (Lipinski definition) is 24. The van der Waals surface area contributed by atoms with Crippen LogP contribution in [0.3, 0.4) is 0 Å². The number of ether oxygens (including phenoxy) is 5. The number of pyridine rings is 7. The first-order chi connectivity index (χ1) is 70.2. The summed E-state index contributed by atoms with van der Waals surface area (Å²) >= 11 is 8.11. The third-order valence-electron chi connectivity index (χ3n) is 23.0. The number of aromatic nitrogens is 7. The fraction of sp³-hybridized carbons (Fsp3) is 0.174. The lowest BCUT2D eigenvalue weighted by Gasteiger charge is -2.13. The maximum Gasteiger partial charge on any atom is 0.316 e. The van der Waals surface area contributed by atoms with Gasteiger partial charge in [-0.1, -0.05) is 130 Å². The van der Waals surface area contributed by atoms with Gasteiger partial charge in [0.15, 0.2) is 0 Å². The summed E-state index contributed by atoms with van der Waals surface area (Å²) in [6.45, 7) is 10.7. The molecule has 6 N–H and O–H groups in total. The summed E-state index contributed by atoms with van der Waals surface area (Å²) in [6, 6.07) is 90.6. The van der Waals surface area contributed by atoms with Crippen LogP contribution in [0.2, 0.25) is 0 Å². The number of fused-ring (bicyclic) bond motifs is 6. The molecule has 0 aliphatic heterocycles. The van der Waals surface area contributed by atoms with E-state index in [2.05, 4.69) is 59.2 Å². The molecule has 0 spiro atoms. The number of benzene rings is 11. The summed E-state index contributed by atoms with van der Waals surface area (Å²) in [4.78, 5) is 103. The highest BCUT2D eigenvalue weighted by Gasteiger charge is 2.25.